The Balaban J connectivity index is 3.00. The van der Waals surface area contributed by atoms with E-state index < -0.39 is 5.82 Å². The Labute approximate surface area is 102 Å². The third-order valence-corrected chi connectivity index (χ3v) is 2.61. The molecule has 0 aromatic heterocycles. The molecule has 17 heavy (non-hydrogen) atoms. The first-order chi connectivity index (χ1) is 8.08. The van der Waals surface area contributed by atoms with Crippen LogP contribution in [0, 0.1) is 24.1 Å². The van der Waals surface area contributed by atoms with Gasteiger partial charge in [-0.25, -0.2) is 4.39 Å². The van der Waals surface area contributed by atoms with Crippen LogP contribution in [0.1, 0.15) is 44.2 Å². The van der Waals surface area contributed by atoms with Crippen LogP contribution in [-0.4, -0.2) is 5.71 Å². The highest BCUT2D eigenvalue weighted by Gasteiger charge is 2.06. The van der Waals surface area contributed by atoms with Crippen LogP contribution in [0.3, 0.4) is 0 Å². The molecule has 2 nitrogen and oxygen atoms in total. The zero-order valence-electron chi connectivity index (χ0n) is 10.5. The van der Waals surface area contributed by atoms with Crippen molar-refractivity contribution in [3.05, 3.63) is 29.1 Å². The van der Waals surface area contributed by atoms with Crippen LogP contribution in [-0.2, 0) is 0 Å². The molecule has 0 atom stereocenters. The maximum absolute atomic E-state index is 13.4. The maximum Gasteiger partial charge on any atom is 0.143 e. The van der Waals surface area contributed by atoms with E-state index in [1.54, 1.807) is 6.07 Å². The third-order valence-electron chi connectivity index (χ3n) is 2.61. The third kappa shape index (κ3) is 3.67. The van der Waals surface area contributed by atoms with Crippen LogP contribution in [0.15, 0.2) is 17.1 Å². The van der Waals surface area contributed by atoms with E-state index in [0.29, 0.717) is 5.69 Å². The molecule has 0 heterocycles. The molecule has 1 aromatic carbocycles. The van der Waals surface area contributed by atoms with Crippen molar-refractivity contribution in [2.24, 2.45) is 4.99 Å². The molecule has 0 radical (unpaired) electrons. The summed E-state index contributed by atoms with van der Waals surface area (Å²) < 4.78 is 13.4. The highest BCUT2D eigenvalue weighted by molar-refractivity contribution is 5.85. The average molecular weight is 232 g/mol. The van der Waals surface area contributed by atoms with Crippen molar-refractivity contribution < 1.29 is 4.39 Å². The Morgan fingerprint density at radius 2 is 2.18 bits per heavy atom. The minimum atomic E-state index is -0.500. The molecule has 0 bridgehead atoms. The Hall–Kier alpha value is -1.69. The molecule has 0 saturated carbocycles. The molecule has 0 amide bonds. The van der Waals surface area contributed by atoms with Crippen molar-refractivity contribution in [3.63, 3.8) is 0 Å². The zero-order chi connectivity index (χ0) is 12.8. The fourth-order valence-electron chi connectivity index (χ4n) is 1.57. The van der Waals surface area contributed by atoms with Crippen molar-refractivity contribution in [1.29, 1.82) is 5.26 Å². The van der Waals surface area contributed by atoms with Crippen molar-refractivity contribution >= 4 is 11.4 Å². The molecule has 0 aliphatic heterocycles. The fourth-order valence-corrected chi connectivity index (χ4v) is 1.57. The summed E-state index contributed by atoms with van der Waals surface area (Å²) in [6.45, 7) is 5.91. The average Bonchev–Trinajstić information content (AvgIpc) is 2.30. The largest absolute Gasteiger partial charge is 0.258 e. The number of aliphatic imine (C=N–C) groups is 1. The molecule has 0 N–H and O–H groups in total. The lowest BCUT2D eigenvalue weighted by Gasteiger charge is -2.04. The molecular weight excluding hydrogens is 215 g/mol. The van der Waals surface area contributed by atoms with Gasteiger partial charge in [-0.05, 0) is 38.3 Å². The van der Waals surface area contributed by atoms with Crippen molar-refractivity contribution in [1.82, 2.24) is 0 Å². The van der Waals surface area contributed by atoms with Gasteiger partial charge >= 0.3 is 0 Å². The summed E-state index contributed by atoms with van der Waals surface area (Å²) in [5.74, 6) is -0.500. The number of aryl methyl sites for hydroxylation is 1. The summed E-state index contributed by atoms with van der Waals surface area (Å²) in [5, 5.41) is 8.71. The van der Waals surface area contributed by atoms with Gasteiger partial charge in [0.05, 0.1) is 11.3 Å². The zero-order valence-corrected chi connectivity index (χ0v) is 10.5. The SMILES string of the molecule is CCCCC(C)=Nc1cc(F)c(C#N)cc1C. The monoisotopic (exact) mass is 232 g/mol. The minimum Gasteiger partial charge on any atom is -0.258 e. The molecule has 0 aliphatic rings. The van der Waals surface area contributed by atoms with E-state index >= 15 is 0 Å². The highest BCUT2D eigenvalue weighted by Crippen LogP contribution is 2.23. The van der Waals surface area contributed by atoms with Crippen LogP contribution in [0.4, 0.5) is 10.1 Å². The quantitative estimate of drug-likeness (QED) is 0.713. The predicted octanol–water partition coefficient (Wildman–Crippen LogP) is 4.29. The smallest absolute Gasteiger partial charge is 0.143 e. The molecule has 3 heteroatoms. The second kappa shape index (κ2) is 6.15. The second-order valence-corrected chi connectivity index (χ2v) is 4.18. The first kappa shape index (κ1) is 13.4. The van der Waals surface area contributed by atoms with Gasteiger partial charge in [0.25, 0.3) is 0 Å². The topological polar surface area (TPSA) is 36.1 Å². The number of halogens is 1. The van der Waals surface area contributed by atoms with E-state index in [0.717, 1.165) is 30.5 Å². The summed E-state index contributed by atoms with van der Waals surface area (Å²) in [5.41, 5.74) is 2.53. The van der Waals surface area contributed by atoms with Gasteiger partial charge in [-0.15, -0.1) is 0 Å². The van der Waals surface area contributed by atoms with Gasteiger partial charge in [-0.1, -0.05) is 13.3 Å². The van der Waals surface area contributed by atoms with Crippen LogP contribution < -0.4 is 0 Å². The number of hydrogen-bond acceptors (Lipinski definition) is 2. The predicted molar refractivity (Wildman–Crippen MR) is 68.1 cm³/mol. The van der Waals surface area contributed by atoms with E-state index in [9.17, 15) is 4.39 Å². The molecular formula is C14H17FN2. The van der Waals surface area contributed by atoms with Crippen LogP contribution in [0.25, 0.3) is 0 Å². The van der Waals surface area contributed by atoms with E-state index in [-0.39, 0.29) is 5.56 Å². The van der Waals surface area contributed by atoms with Gasteiger partial charge in [-0.3, -0.25) is 4.99 Å². The standard InChI is InChI=1S/C14H17FN2/c1-4-5-6-11(3)17-14-8-13(15)12(9-16)7-10(14)2/h7-8H,4-6H2,1-3H3. The van der Waals surface area contributed by atoms with E-state index in [1.807, 2.05) is 19.9 Å². The van der Waals surface area contributed by atoms with Crippen LogP contribution >= 0.6 is 0 Å². The van der Waals surface area contributed by atoms with Gasteiger partial charge in [0.15, 0.2) is 0 Å². The Kier molecular flexibility index (Phi) is 4.84. The first-order valence-electron chi connectivity index (χ1n) is 5.83. The number of hydrogen-bond donors (Lipinski definition) is 0. The van der Waals surface area contributed by atoms with Gasteiger partial charge in [0, 0.05) is 11.8 Å². The fraction of sp³-hybridized carbons (Fsp3) is 0.429. The van der Waals surface area contributed by atoms with Gasteiger partial charge < -0.3 is 0 Å². The molecule has 0 spiro atoms. The lowest BCUT2D eigenvalue weighted by molar-refractivity contribution is 0.624. The Morgan fingerprint density at radius 3 is 2.76 bits per heavy atom. The minimum absolute atomic E-state index is 0.0765. The van der Waals surface area contributed by atoms with E-state index in [1.165, 1.54) is 6.07 Å². The Bertz CT molecular complexity index is 470. The summed E-state index contributed by atoms with van der Waals surface area (Å²) >= 11 is 0. The second-order valence-electron chi connectivity index (χ2n) is 4.18. The van der Waals surface area contributed by atoms with E-state index in [4.69, 9.17) is 5.26 Å². The number of benzene rings is 1. The van der Waals surface area contributed by atoms with Crippen molar-refractivity contribution in [2.45, 2.75) is 40.0 Å². The molecule has 0 aliphatic carbocycles. The summed E-state index contributed by atoms with van der Waals surface area (Å²) in [6.07, 6.45) is 3.14. The van der Waals surface area contributed by atoms with Crippen molar-refractivity contribution in [2.75, 3.05) is 0 Å². The van der Waals surface area contributed by atoms with Gasteiger partial charge in [0.2, 0.25) is 0 Å². The molecule has 90 valence electrons. The highest BCUT2D eigenvalue weighted by atomic mass is 19.1. The van der Waals surface area contributed by atoms with E-state index in [2.05, 4.69) is 11.9 Å². The summed E-state index contributed by atoms with van der Waals surface area (Å²) in [6, 6.07) is 4.71. The van der Waals surface area contributed by atoms with Gasteiger partial charge in [-0.2, -0.15) is 5.26 Å². The maximum atomic E-state index is 13.4. The molecule has 1 rings (SSSR count). The lowest BCUT2D eigenvalue weighted by Crippen LogP contribution is -1.92. The summed E-state index contributed by atoms with van der Waals surface area (Å²) in [7, 11) is 0. The first-order valence-corrected chi connectivity index (χ1v) is 5.83. The van der Waals surface area contributed by atoms with Crippen LogP contribution in [0.2, 0.25) is 0 Å². The summed E-state index contributed by atoms with van der Waals surface area (Å²) in [4.78, 5) is 4.40. The lowest BCUT2D eigenvalue weighted by atomic mass is 10.1. The van der Waals surface area contributed by atoms with Crippen LogP contribution in [0.5, 0.6) is 0 Å². The molecule has 0 saturated heterocycles. The molecule has 1 aromatic rings. The van der Waals surface area contributed by atoms with Crippen molar-refractivity contribution in [3.8, 4) is 6.07 Å². The number of nitriles is 1. The molecule has 0 unspecified atom stereocenters. The Morgan fingerprint density at radius 1 is 1.47 bits per heavy atom. The number of nitrogens with zero attached hydrogens (tertiary/aromatic N) is 2. The number of unbranched alkanes of at least 4 members (excludes halogenated alkanes) is 1. The molecule has 0 fully saturated rings. The van der Waals surface area contributed by atoms with Gasteiger partial charge in [0.1, 0.15) is 11.9 Å². The number of rotatable bonds is 4. The normalized spacial score (nSPS) is 11.4.